The number of hydrogen-bond acceptors (Lipinski definition) is 4. The molecule has 0 aliphatic carbocycles. The number of hydrogen-bond donors (Lipinski definition) is 3. The van der Waals surface area contributed by atoms with Crippen molar-refractivity contribution in [2.75, 3.05) is 11.9 Å². The number of benzene rings is 1. The van der Waals surface area contributed by atoms with Crippen LogP contribution in [0.4, 0.5) is 5.69 Å². The predicted molar refractivity (Wildman–Crippen MR) is 64.5 cm³/mol. The summed E-state index contributed by atoms with van der Waals surface area (Å²) in [5, 5.41) is 20.8. The van der Waals surface area contributed by atoms with Gasteiger partial charge in [-0.25, -0.2) is 4.79 Å². The van der Waals surface area contributed by atoms with Gasteiger partial charge in [0.05, 0.1) is 5.69 Å². The number of ether oxygens (including phenoxy) is 1. The third kappa shape index (κ3) is 3.74. The topological polar surface area (TPSA) is 95.9 Å². The molecule has 0 aliphatic heterocycles. The highest BCUT2D eigenvalue weighted by Crippen LogP contribution is 2.24. The van der Waals surface area contributed by atoms with Crippen molar-refractivity contribution in [1.82, 2.24) is 0 Å². The highest BCUT2D eigenvalue weighted by Gasteiger charge is 2.31. The number of carbonyl (C=O) groups is 2. The van der Waals surface area contributed by atoms with E-state index in [1.54, 1.807) is 24.3 Å². The molecule has 6 heteroatoms. The van der Waals surface area contributed by atoms with Crippen LogP contribution in [0.1, 0.15) is 13.8 Å². The number of anilines is 1. The van der Waals surface area contributed by atoms with E-state index in [0.29, 0.717) is 11.4 Å². The van der Waals surface area contributed by atoms with Crippen LogP contribution >= 0.6 is 0 Å². The van der Waals surface area contributed by atoms with Gasteiger partial charge < -0.3 is 20.3 Å². The average Bonchev–Trinajstić information content (AvgIpc) is 2.27. The van der Waals surface area contributed by atoms with Crippen LogP contribution in [0.25, 0.3) is 0 Å². The lowest BCUT2D eigenvalue weighted by Crippen LogP contribution is -2.41. The Balaban J connectivity index is 2.79. The Hall–Kier alpha value is -2.08. The molecule has 98 valence electrons. The van der Waals surface area contributed by atoms with Gasteiger partial charge in [-0.05, 0) is 19.1 Å². The first-order valence-corrected chi connectivity index (χ1v) is 5.28. The number of carbonyl (C=O) groups excluding carboxylic acids is 1. The third-order valence-corrected chi connectivity index (χ3v) is 2.17. The van der Waals surface area contributed by atoms with Gasteiger partial charge in [-0.3, -0.25) is 4.79 Å². The molecule has 0 saturated heterocycles. The van der Waals surface area contributed by atoms with Gasteiger partial charge in [-0.2, -0.15) is 0 Å². The Morgan fingerprint density at radius 2 is 2.00 bits per heavy atom. The van der Waals surface area contributed by atoms with Crippen molar-refractivity contribution in [3.63, 3.8) is 0 Å². The van der Waals surface area contributed by atoms with Crippen LogP contribution < -0.4 is 10.1 Å². The summed E-state index contributed by atoms with van der Waals surface area (Å²) in [5.74, 6) is -1.34. The van der Waals surface area contributed by atoms with Gasteiger partial charge >= 0.3 is 5.97 Å². The van der Waals surface area contributed by atoms with Crippen LogP contribution in [-0.2, 0) is 9.59 Å². The minimum Gasteiger partial charge on any atom is -0.488 e. The maximum Gasteiger partial charge on any atom is 0.339 e. The first-order valence-electron chi connectivity index (χ1n) is 5.28. The van der Waals surface area contributed by atoms with Gasteiger partial charge in [0.1, 0.15) is 12.4 Å². The van der Waals surface area contributed by atoms with E-state index >= 15 is 0 Å². The zero-order valence-electron chi connectivity index (χ0n) is 10.1. The fraction of sp³-hybridized carbons (Fsp3) is 0.333. The van der Waals surface area contributed by atoms with Gasteiger partial charge in [0.25, 0.3) is 0 Å². The molecule has 0 spiro atoms. The van der Waals surface area contributed by atoms with E-state index in [1.165, 1.54) is 6.92 Å². The van der Waals surface area contributed by atoms with Crippen molar-refractivity contribution < 1.29 is 24.5 Å². The molecule has 1 aromatic rings. The molecule has 1 unspecified atom stereocenters. The lowest BCUT2D eigenvalue weighted by molar-refractivity contribution is -0.159. The molecule has 1 atom stereocenters. The highest BCUT2D eigenvalue weighted by molar-refractivity contribution is 5.90. The normalized spacial score (nSPS) is 13.5. The monoisotopic (exact) mass is 253 g/mol. The summed E-state index contributed by atoms with van der Waals surface area (Å²) in [5.41, 5.74) is -1.56. The molecule has 1 rings (SSSR count). The van der Waals surface area contributed by atoms with E-state index in [9.17, 15) is 14.7 Å². The molecule has 0 aliphatic rings. The first kappa shape index (κ1) is 14.0. The predicted octanol–water partition coefficient (Wildman–Crippen LogP) is 0.859. The van der Waals surface area contributed by atoms with Gasteiger partial charge in [-0.15, -0.1) is 0 Å². The molecule has 1 amide bonds. The van der Waals surface area contributed by atoms with Gasteiger partial charge in [0.15, 0.2) is 5.60 Å². The lowest BCUT2D eigenvalue weighted by Gasteiger charge is -2.19. The summed E-state index contributed by atoms with van der Waals surface area (Å²) in [6.45, 7) is 2.07. The second-order valence-corrected chi connectivity index (χ2v) is 4.05. The zero-order valence-corrected chi connectivity index (χ0v) is 10.1. The van der Waals surface area contributed by atoms with Crippen molar-refractivity contribution in [3.8, 4) is 5.75 Å². The molecule has 0 bridgehead atoms. The van der Waals surface area contributed by atoms with E-state index in [-0.39, 0.29) is 5.91 Å². The second kappa shape index (κ2) is 5.50. The number of carboxylic acids is 1. The van der Waals surface area contributed by atoms with Crippen molar-refractivity contribution in [3.05, 3.63) is 24.3 Å². The minimum atomic E-state index is -1.98. The van der Waals surface area contributed by atoms with E-state index in [1.807, 2.05) is 0 Å². The van der Waals surface area contributed by atoms with E-state index in [4.69, 9.17) is 9.84 Å². The van der Waals surface area contributed by atoms with Crippen LogP contribution in [-0.4, -0.2) is 34.3 Å². The standard InChI is InChI=1S/C12H15NO5/c1-8(14)13-9-5-3-4-6-10(9)18-7-12(2,17)11(15)16/h3-6,17H,7H2,1-2H3,(H,13,14)(H,15,16). The third-order valence-electron chi connectivity index (χ3n) is 2.17. The number of nitrogens with one attached hydrogen (secondary N) is 1. The zero-order chi connectivity index (χ0) is 13.8. The summed E-state index contributed by atoms with van der Waals surface area (Å²) in [7, 11) is 0. The fourth-order valence-electron chi connectivity index (χ4n) is 1.17. The van der Waals surface area contributed by atoms with E-state index in [0.717, 1.165) is 6.92 Å². The van der Waals surface area contributed by atoms with E-state index in [2.05, 4.69) is 5.32 Å². The molecule has 0 radical (unpaired) electrons. The molecule has 18 heavy (non-hydrogen) atoms. The summed E-state index contributed by atoms with van der Waals surface area (Å²) in [6.07, 6.45) is 0. The highest BCUT2D eigenvalue weighted by atomic mass is 16.5. The number of rotatable bonds is 5. The number of carboxylic acid groups (broad SMARTS) is 1. The van der Waals surface area contributed by atoms with Crippen molar-refractivity contribution in [1.29, 1.82) is 0 Å². The van der Waals surface area contributed by atoms with Crippen LogP contribution in [0.15, 0.2) is 24.3 Å². The van der Waals surface area contributed by atoms with Crippen molar-refractivity contribution in [2.45, 2.75) is 19.4 Å². The molecule has 0 heterocycles. The molecule has 0 saturated carbocycles. The van der Waals surface area contributed by atoms with Crippen LogP contribution in [0.5, 0.6) is 5.75 Å². The molecule has 1 aromatic carbocycles. The number of aliphatic carboxylic acids is 1. The van der Waals surface area contributed by atoms with E-state index < -0.39 is 18.2 Å². The number of amides is 1. The summed E-state index contributed by atoms with van der Waals surface area (Å²) < 4.78 is 5.22. The fourth-order valence-corrected chi connectivity index (χ4v) is 1.17. The summed E-state index contributed by atoms with van der Waals surface area (Å²) in [6, 6.07) is 6.57. The van der Waals surface area contributed by atoms with Crippen LogP contribution in [0.3, 0.4) is 0 Å². The van der Waals surface area contributed by atoms with Crippen molar-refractivity contribution in [2.24, 2.45) is 0 Å². The van der Waals surface area contributed by atoms with Gasteiger partial charge in [0.2, 0.25) is 5.91 Å². The molecule has 0 aromatic heterocycles. The summed E-state index contributed by atoms with van der Waals surface area (Å²) in [4.78, 5) is 21.7. The Bertz CT molecular complexity index is 456. The minimum absolute atomic E-state index is 0.268. The quantitative estimate of drug-likeness (QED) is 0.723. The molecule has 0 fully saturated rings. The van der Waals surface area contributed by atoms with Crippen LogP contribution in [0, 0.1) is 0 Å². The average molecular weight is 253 g/mol. The Kier molecular flexibility index (Phi) is 4.28. The molecule has 6 nitrogen and oxygen atoms in total. The second-order valence-electron chi connectivity index (χ2n) is 4.05. The Morgan fingerprint density at radius 1 is 1.39 bits per heavy atom. The summed E-state index contributed by atoms with van der Waals surface area (Å²) >= 11 is 0. The van der Waals surface area contributed by atoms with Gasteiger partial charge in [0, 0.05) is 6.92 Å². The van der Waals surface area contributed by atoms with Crippen LogP contribution in [0.2, 0.25) is 0 Å². The molecular formula is C12H15NO5. The Morgan fingerprint density at radius 3 is 2.56 bits per heavy atom. The number of para-hydroxylation sites is 2. The number of aliphatic hydroxyl groups is 1. The van der Waals surface area contributed by atoms with Crippen molar-refractivity contribution >= 4 is 17.6 Å². The molecule has 3 N–H and O–H groups in total. The van der Waals surface area contributed by atoms with Gasteiger partial charge in [-0.1, -0.05) is 12.1 Å². The lowest BCUT2D eigenvalue weighted by atomic mass is 10.1. The largest absolute Gasteiger partial charge is 0.488 e. The first-order chi connectivity index (χ1) is 8.33. The maximum atomic E-state index is 11.0. The smallest absolute Gasteiger partial charge is 0.339 e. The molecular weight excluding hydrogens is 238 g/mol. The Labute approximate surface area is 104 Å². The SMILES string of the molecule is CC(=O)Nc1ccccc1OCC(C)(O)C(=O)O. The maximum absolute atomic E-state index is 11.0.